The van der Waals surface area contributed by atoms with Gasteiger partial charge in [0, 0.05) is 25.6 Å². The van der Waals surface area contributed by atoms with E-state index in [0.29, 0.717) is 17.7 Å². The molecule has 20 heavy (non-hydrogen) atoms. The van der Waals surface area contributed by atoms with Gasteiger partial charge < -0.3 is 15.7 Å². The molecule has 1 atom stereocenters. The number of carboxylic acids is 1. The SMILES string of the molecule is NC(CCC(=O)O)c1ccc(N2CCCCC2)c(F)c1. The first-order valence-electron chi connectivity index (χ1n) is 7.09. The Morgan fingerprint density at radius 1 is 1.35 bits per heavy atom. The lowest BCUT2D eigenvalue weighted by molar-refractivity contribution is -0.137. The molecule has 3 N–H and O–H groups in total. The minimum absolute atomic E-state index is 0.00331. The van der Waals surface area contributed by atoms with Crippen LogP contribution in [-0.4, -0.2) is 24.2 Å². The van der Waals surface area contributed by atoms with Crippen molar-refractivity contribution in [1.82, 2.24) is 0 Å². The van der Waals surface area contributed by atoms with E-state index in [-0.39, 0.29) is 12.2 Å². The van der Waals surface area contributed by atoms with Crippen LogP contribution in [-0.2, 0) is 4.79 Å². The van der Waals surface area contributed by atoms with Crippen LogP contribution in [0.2, 0.25) is 0 Å². The molecule has 110 valence electrons. The third-order valence-corrected chi connectivity index (χ3v) is 3.77. The summed E-state index contributed by atoms with van der Waals surface area (Å²) in [5.74, 6) is -1.15. The molecule has 0 aromatic heterocycles. The largest absolute Gasteiger partial charge is 0.481 e. The van der Waals surface area contributed by atoms with Crippen molar-refractivity contribution in [3.05, 3.63) is 29.6 Å². The number of anilines is 1. The second-order valence-electron chi connectivity index (χ2n) is 5.30. The fourth-order valence-electron chi connectivity index (χ4n) is 2.59. The van der Waals surface area contributed by atoms with E-state index in [4.69, 9.17) is 10.8 Å². The standard InChI is InChI=1S/C15H21FN2O2/c16-12-10-11(13(17)5-7-15(19)20)4-6-14(12)18-8-2-1-3-9-18/h4,6,10,13H,1-3,5,7-9,17H2,(H,19,20). The molecule has 0 aliphatic carbocycles. The second-order valence-corrected chi connectivity index (χ2v) is 5.30. The predicted molar refractivity (Wildman–Crippen MR) is 76.3 cm³/mol. The third kappa shape index (κ3) is 3.70. The van der Waals surface area contributed by atoms with Crippen LogP contribution in [0.3, 0.4) is 0 Å². The van der Waals surface area contributed by atoms with Crippen LogP contribution in [0, 0.1) is 5.82 Å². The lowest BCUT2D eigenvalue weighted by atomic mass is 10.0. The molecule has 5 heteroatoms. The summed E-state index contributed by atoms with van der Waals surface area (Å²) in [5.41, 5.74) is 7.18. The Morgan fingerprint density at radius 3 is 2.65 bits per heavy atom. The first kappa shape index (κ1) is 14.8. The monoisotopic (exact) mass is 280 g/mol. The average molecular weight is 280 g/mol. The molecule has 0 bridgehead atoms. The molecule has 1 aliphatic heterocycles. The van der Waals surface area contributed by atoms with E-state index in [2.05, 4.69) is 4.90 Å². The summed E-state index contributed by atoms with van der Waals surface area (Å²) in [5, 5.41) is 8.64. The van der Waals surface area contributed by atoms with Crippen molar-refractivity contribution in [3.8, 4) is 0 Å². The van der Waals surface area contributed by atoms with Gasteiger partial charge in [-0.1, -0.05) is 6.07 Å². The predicted octanol–water partition coefficient (Wildman–Crippen LogP) is 2.68. The number of nitrogens with two attached hydrogens (primary N) is 1. The van der Waals surface area contributed by atoms with E-state index in [0.717, 1.165) is 25.9 Å². The molecule has 1 fully saturated rings. The van der Waals surface area contributed by atoms with Crippen molar-refractivity contribution in [1.29, 1.82) is 0 Å². The molecule has 0 spiro atoms. The van der Waals surface area contributed by atoms with Crippen molar-refractivity contribution >= 4 is 11.7 Å². The summed E-state index contributed by atoms with van der Waals surface area (Å²) in [6.07, 6.45) is 3.71. The maximum atomic E-state index is 14.2. The first-order chi connectivity index (χ1) is 9.58. The fraction of sp³-hybridized carbons (Fsp3) is 0.533. The quantitative estimate of drug-likeness (QED) is 0.870. The maximum absolute atomic E-state index is 14.2. The van der Waals surface area contributed by atoms with Crippen molar-refractivity contribution < 1.29 is 14.3 Å². The van der Waals surface area contributed by atoms with E-state index in [9.17, 15) is 9.18 Å². The Morgan fingerprint density at radius 2 is 2.05 bits per heavy atom. The average Bonchev–Trinajstić information content (AvgIpc) is 2.45. The van der Waals surface area contributed by atoms with E-state index in [1.807, 2.05) is 0 Å². The van der Waals surface area contributed by atoms with Gasteiger partial charge >= 0.3 is 5.97 Å². The number of hydrogen-bond donors (Lipinski definition) is 2. The van der Waals surface area contributed by atoms with Gasteiger partial charge in [-0.2, -0.15) is 0 Å². The van der Waals surface area contributed by atoms with E-state index in [1.165, 1.54) is 12.5 Å². The number of piperidine rings is 1. The van der Waals surface area contributed by atoms with Crippen molar-refractivity contribution in [2.75, 3.05) is 18.0 Å². The number of rotatable bonds is 5. The second kappa shape index (κ2) is 6.70. The molecule has 1 aromatic carbocycles. The molecule has 1 saturated heterocycles. The van der Waals surface area contributed by atoms with Crippen LogP contribution in [0.15, 0.2) is 18.2 Å². The molecular formula is C15H21FN2O2. The summed E-state index contributed by atoms with van der Waals surface area (Å²) in [4.78, 5) is 12.6. The van der Waals surface area contributed by atoms with Gasteiger partial charge in [0.15, 0.2) is 0 Å². The molecule has 4 nitrogen and oxygen atoms in total. The van der Waals surface area contributed by atoms with E-state index in [1.54, 1.807) is 12.1 Å². The Labute approximate surface area is 118 Å². The van der Waals surface area contributed by atoms with Gasteiger partial charge in [0.2, 0.25) is 0 Å². The van der Waals surface area contributed by atoms with Crippen molar-refractivity contribution in [2.45, 2.75) is 38.1 Å². The molecule has 1 unspecified atom stereocenters. The van der Waals surface area contributed by atoms with Gasteiger partial charge in [0.05, 0.1) is 5.69 Å². The Balaban J connectivity index is 2.06. The lowest BCUT2D eigenvalue weighted by Crippen LogP contribution is -2.30. The van der Waals surface area contributed by atoms with Gasteiger partial charge in [-0.3, -0.25) is 4.79 Å². The Kier molecular flexibility index (Phi) is 4.95. The normalized spacial score (nSPS) is 17.0. The summed E-state index contributed by atoms with van der Waals surface area (Å²) in [6, 6.07) is 4.57. The topological polar surface area (TPSA) is 66.6 Å². The molecule has 1 heterocycles. The highest BCUT2D eigenvalue weighted by Gasteiger charge is 2.16. The molecule has 0 saturated carbocycles. The highest BCUT2D eigenvalue weighted by molar-refractivity contribution is 5.66. The van der Waals surface area contributed by atoms with Crippen molar-refractivity contribution in [2.24, 2.45) is 5.73 Å². The zero-order chi connectivity index (χ0) is 14.5. The third-order valence-electron chi connectivity index (χ3n) is 3.77. The number of nitrogens with zero attached hydrogens (tertiary/aromatic N) is 1. The number of carbonyl (C=O) groups is 1. The summed E-state index contributed by atoms with van der Waals surface area (Å²) in [6.45, 7) is 1.78. The first-order valence-corrected chi connectivity index (χ1v) is 7.09. The number of aliphatic carboxylic acids is 1. The highest BCUT2D eigenvalue weighted by Crippen LogP contribution is 2.26. The minimum atomic E-state index is -0.883. The Hall–Kier alpha value is -1.62. The lowest BCUT2D eigenvalue weighted by Gasteiger charge is -2.29. The van der Waals surface area contributed by atoms with Crippen LogP contribution in [0.1, 0.15) is 43.7 Å². The molecular weight excluding hydrogens is 259 g/mol. The zero-order valence-corrected chi connectivity index (χ0v) is 11.5. The van der Waals surface area contributed by atoms with Crippen molar-refractivity contribution in [3.63, 3.8) is 0 Å². The molecule has 1 aliphatic rings. The molecule has 2 rings (SSSR count). The van der Waals surface area contributed by atoms with E-state index >= 15 is 0 Å². The molecule has 0 radical (unpaired) electrons. The van der Waals surface area contributed by atoms with Gasteiger partial charge in [-0.15, -0.1) is 0 Å². The summed E-state index contributed by atoms with van der Waals surface area (Å²) < 4.78 is 14.2. The fourth-order valence-corrected chi connectivity index (χ4v) is 2.59. The smallest absolute Gasteiger partial charge is 0.303 e. The number of carboxylic acid groups (broad SMARTS) is 1. The number of hydrogen-bond acceptors (Lipinski definition) is 3. The van der Waals surface area contributed by atoms with Crippen LogP contribution in [0.4, 0.5) is 10.1 Å². The highest BCUT2D eigenvalue weighted by atomic mass is 19.1. The van der Waals surface area contributed by atoms with Crippen LogP contribution < -0.4 is 10.6 Å². The molecule has 1 aromatic rings. The minimum Gasteiger partial charge on any atom is -0.481 e. The summed E-state index contributed by atoms with van der Waals surface area (Å²) >= 11 is 0. The van der Waals surface area contributed by atoms with Crippen LogP contribution in [0.25, 0.3) is 0 Å². The van der Waals surface area contributed by atoms with Gasteiger partial charge in [0.25, 0.3) is 0 Å². The molecule has 0 amide bonds. The van der Waals surface area contributed by atoms with Gasteiger partial charge in [0.1, 0.15) is 5.82 Å². The number of benzene rings is 1. The maximum Gasteiger partial charge on any atom is 0.303 e. The van der Waals surface area contributed by atoms with E-state index < -0.39 is 12.0 Å². The summed E-state index contributed by atoms with van der Waals surface area (Å²) in [7, 11) is 0. The Bertz CT molecular complexity index is 473. The zero-order valence-electron chi connectivity index (χ0n) is 11.5. The van der Waals surface area contributed by atoms with Gasteiger partial charge in [-0.25, -0.2) is 4.39 Å². The number of halogens is 1. The van der Waals surface area contributed by atoms with Crippen LogP contribution in [0.5, 0.6) is 0 Å². The van der Waals surface area contributed by atoms with Gasteiger partial charge in [-0.05, 0) is 43.4 Å². The van der Waals surface area contributed by atoms with Crippen LogP contribution >= 0.6 is 0 Å².